The van der Waals surface area contributed by atoms with E-state index in [2.05, 4.69) is 10.6 Å². The summed E-state index contributed by atoms with van der Waals surface area (Å²) in [6, 6.07) is 6.03. The second-order valence-corrected chi connectivity index (χ2v) is 4.85. The quantitative estimate of drug-likeness (QED) is 0.815. The van der Waals surface area contributed by atoms with Crippen LogP contribution in [0.1, 0.15) is 5.76 Å². The molecule has 1 aromatic heterocycles. The lowest BCUT2D eigenvalue weighted by Gasteiger charge is -2.09. The Labute approximate surface area is 124 Å². The van der Waals surface area contributed by atoms with Gasteiger partial charge in [0.05, 0.1) is 33.6 Å². The topological polar surface area (TPSA) is 54.3 Å². The number of halogens is 3. The number of carbonyl (C=O) groups excluding carboxylic acids is 1. The third kappa shape index (κ3) is 3.80. The smallest absolute Gasteiger partial charge is 0.319 e. The molecule has 19 heavy (non-hydrogen) atoms. The molecule has 4 nitrogen and oxygen atoms in total. The van der Waals surface area contributed by atoms with Crippen molar-refractivity contribution in [3.8, 4) is 0 Å². The number of hydrogen-bond acceptors (Lipinski definition) is 2. The van der Waals surface area contributed by atoms with Gasteiger partial charge in [-0.1, -0.05) is 34.8 Å². The van der Waals surface area contributed by atoms with E-state index in [1.165, 1.54) is 18.4 Å². The predicted molar refractivity (Wildman–Crippen MR) is 76.0 cm³/mol. The minimum atomic E-state index is -0.420. The van der Waals surface area contributed by atoms with E-state index in [4.69, 9.17) is 39.2 Å². The fourth-order valence-corrected chi connectivity index (χ4v) is 1.96. The zero-order valence-electron chi connectivity index (χ0n) is 9.54. The number of hydrogen-bond donors (Lipinski definition) is 2. The average molecular weight is 320 g/mol. The number of furan rings is 1. The van der Waals surface area contributed by atoms with E-state index in [0.717, 1.165) is 0 Å². The minimum absolute atomic E-state index is 0.276. The Morgan fingerprint density at radius 3 is 2.58 bits per heavy atom. The van der Waals surface area contributed by atoms with E-state index in [9.17, 15) is 4.79 Å². The summed E-state index contributed by atoms with van der Waals surface area (Å²) in [4.78, 5) is 11.7. The molecule has 1 aromatic carbocycles. The monoisotopic (exact) mass is 318 g/mol. The average Bonchev–Trinajstić information content (AvgIpc) is 2.86. The molecule has 0 saturated carbocycles. The lowest BCUT2D eigenvalue weighted by Crippen LogP contribution is -2.28. The Balaban J connectivity index is 1.97. The Morgan fingerprint density at radius 2 is 1.89 bits per heavy atom. The maximum Gasteiger partial charge on any atom is 0.319 e. The van der Waals surface area contributed by atoms with E-state index in [1.54, 1.807) is 12.1 Å². The van der Waals surface area contributed by atoms with Gasteiger partial charge in [0.25, 0.3) is 0 Å². The molecule has 2 N–H and O–H groups in total. The van der Waals surface area contributed by atoms with Crippen molar-refractivity contribution in [3.05, 3.63) is 51.4 Å². The summed E-state index contributed by atoms with van der Waals surface area (Å²) in [5, 5.41) is 6.14. The number of urea groups is 1. The molecule has 100 valence electrons. The number of nitrogens with one attached hydrogen (secondary N) is 2. The van der Waals surface area contributed by atoms with Gasteiger partial charge in [-0.05, 0) is 24.3 Å². The van der Waals surface area contributed by atoms with Crippen molar-refractivity contribution in [2.45, 2.75) is 6.54 Å². The SMILES string of the molecule is O=C(NCc1ccco1)Nc1cc(Cl)c(Cl)cc1Cl. The highest BCUT2D eigenvalue weighted by atomic mass is 35.5. The first kappa shape index (κ1) is 14.1. The zero-order chi connectivity index (χ0) is 13.8. The van der Waals surface area contributed by atoms with Crippen LogP contribution in [0.5, 0.6) is 0 Å². The summed E-state index contributed by atoms with van der Waals surface area (Å²) < 4.78 is 5.09. The highest BCUT2D eigenvalue weighted by molar-refractivity contribution is 6.44. The summed E-state index contributed by atoms with van der Waals surface area (Å²) in [7, 11) is 0. The van der Waals surface area contributed by atoms with Crippen molar-refractivity contribution in [1.29, 1.82) is 0 Å². The van der Waals surface area contributed by atoms with Crippen LogP contribution in [0.2, 0.25) is 15.1 Å². The van der Waals surface area contributed by atoms with E-state index >= 15 is 0 Å². The van der Waals surface area contributed by atoms with Crippen molar-refractivity contribution >= 4 is 46.5 Å². The molecule has 0 atom stereocenters. The molecule has 0 saturated heterocycles. The van der Waals surface area contributed by atoms with Crippen molar-refractivity contribution in [2.24, 2.45) is 0 Å². The van der Waals surface area contributed by atoms with Gasteiger partial charge in [-0.2, -0.15) is 0 Å². The van der Waals surface area contributed by atoms with Gasteiger partial charge in [-0.3, -0.25) is 0 Å². The van der Waals surface area contributed by atoms with Crippen molar-refractivity contribution in [1.82, 2.24) is 5.32 Å². The van der Waals surface area contributed by atoms with Crippen LogP contribution < -0.4 is 10.6 Å². The van der Waals surface area contributed by atoms with Crippen molar-refractivity contribution in [2.75, 3.05) is 5.32 Å². The van der Waals surface area contributed by atoms with E-state index in [1.807, 2.05) is 0 Å². The zero-order valence-corrected chi connectivity index (χ0v) is 11.8. The number of anilines is 1. The summed E-state index contributed by atoms with van der Waals surface area (Å²) in [5.74, 6) is 0.649. The van der Waals surface area contributed by atoms with Crippen LogP contribution in [0.15, 0.2) is 34.9 Å². The number of benzene rings is 1. The highest BCUT2D eigenvalue weighted by Crippen LogP contribution is 2.32. The predicted octanol–water partition coefficient (Wildman–Crippen LogP) is 4.56. The van der Waals surface area contributed by atoms with Crippen molar-refractivity contribution < 1.29 is 9.21 Å². The van der Waals surface area contributed by atoms with Crippen LogP contribution in [-0.4, -0.2) is 6.03 Å². The highest BCUT2D eigenvalue weighted by Gasteiger charge is 2.09. The molecule has 0 aliphatic rings. The Hall–Kier alpha value is -1.36. The molecule has 0 spiro atoms. The van der Waals surface area contributed by atoms with Gasteiger partial charge in [0.1, 0.15) is 5.76 Å². The van der Waals surface area contributed by atoms with Crippen molar-refractivity contribution in [3.63, 3.8) is 0 Å². The molecule has 2 rings (SSSR count). The number of amides is 2. The summed E-state index contributed by atoms with van der Waals surface area (Å²) in [6.07, 6.45) is 1.53. The Morgan fingerprint density at radius 1 is 1.16 bits per heavy atom. The first-order valence-electron chi connectivity index (χ1n) is 5.28. The number of carbonyl (C=O) groups is 1. The molecule has 0 aliphatic heterocycles. The van der Waals surface area contributed by atoms with Crippen LogP contribution in [0.25, 0.3) is 0 Å². The molecule has 0 unspecified atom stereocenters. The van der Waals surface area contributed by atoms with E-state index < -0.39 is 6.03 Å². The largest absolute Gasteiger partial charge is 0.467 e. The first-order valence-corrected chi connectivity index (χ1v) is 6.41. The van der Waals surface area contributed by atoms with Gasteiger partial charge in [0.15, 0.2) is 0 Å². The summed E-state index contributed by atoms with van der Waals surface area (Å²) in [6.45, 7) is 0.276. The van der Waals surface area contributed by atoms with Gasteiger partial charge >= 0.3 is 6.03 Å². The minimum Gasteiger partial charge on any atom is -0.467 e. The lowest BCUT2D eigenvalue weighted by molar-refractivity contribution is 0.251. The van der Waals surface area contributed by atoms with Gasteiger partial charge < -0.3 is 15.1 Å². The van der Waals surface area contributed by atoms with Crippen LogP contribution in [0, 0.1) is 0 Å². The van der Waals surface area contributed by atoms with Crippen LogP contribution >= 0.6 is 34.8 Å². The van der Waals surface area contributed by atoms with Crippen LogP contribution in [0.3, 0.4) is 0 Å². The molecule has 0 bridgehead atoms. The second kappa shape index (κ2) is 6.19. The molecule has 2 aromatic rings. The first-order chi connectivity index (χ1) is 9.06. The third-order valence-electron chi connectivity index (χ3n) is 2.26. The van der Waals surface area contributed by atoms with Crippen LogP contribution in [-0.2, 0) is 6.54 Å². The van der Waals surface area contributed by atoms with Gasteiger partial charge in [0.2, 0.25) is 0 Å². The molecular formula is C12H9Cl3N2O2. The molecule has 0 aliphatic carbocycles. The Kier molecular flexibility index (Phi) is 4.58. The maximum absolute atomic E-state index is 11.7. The maximum atomic E-state index is 11.7. The van der Waals surface area contributed by atoms with E-state index in [-0.39, 0.29) is 6.54 Å². The molecule has 2 amide bonds. The molecule has 0 radical (unpaired) electrons. The molecule has 7 heteroatoms. The standard InChI is InChI=1S/C12H9Cl3N2O2/c13-8-4-10(15)11(5-9(8)14)17-12(18)16-6-7-2-1-3-19-7/h1-5H,6H2,(H2,16,17,18). The molecule has 0 fully saturated rings. The summed E-state index contributed by atoms with van der Waals surface area (Å²) in [5.41, 5.74) is 0.382. The molecule has 1 heterocycles. The van der Waals surface area contributed by atoms with Gasteiger partial charge in [-0.25, -0.2) is 4.79 Å². The second-order valence-electron chi connectivity index (χ2n) is 3.63. The lowest BCUT2D eigenvalue weighted by atomic mass is 10.3. The fourth-order valence-electron chi connectivity index (χ4n) is 1.37. The normalized spacial score (nSPS) is 10.3. The fraction of sp³-hybridized carbons (Fsp3) is 0.0833. The van der Waals surface area contributed by atoms with E-state index in [0.29, 0.717) is 26.5 Å². The number of rotatable bonds is 3. The third-order valence-corrected chi connectivity index (χ3v) is 3.30. The van der Waals surface area contributed by atoms with Gasteiger partial charge in [0, 0.05) is 0 Å². The van der Waals surface area contributed by atoms with Gasteiger partial charge in [-0.15, -0.1) is 0 Å². The summed E-state index contributed by atoms with van der Waals surface area (Å²) >= 11 is 17.6. The molecular weight excluding hydrogens is 311 g/mol. The van der Waals surface area contributed by atoms with Crippen LogP contribution in [0.4, 0.5) is 10.5 Å². The Bertz CT molecular complexity index is 585.